The van der Waals surface area contributed by atoms with Gasteiger partial charge in [0, 0.05) is 19.1 Å². The zero-order valence-corrected chi connectivity index (χ0v) is 15.2. The number of likely N-dealkylation sites (tertiary alicyclic amines) is 1. The Hall–Kier alpha value is -2.31. The smallest absolute Gasteiger partial charge is 0.410 e. The number of benzene rings is 1. The van der Waals surface area contributed by atoms with Crippen LogP contribution in [0.2, 0.25) is 0 Å². The minimum atomic E-state index is -0.430. The van der Waals surface area contributed by atoms with E-state index in [1.165, 1.54) is 6.07 Å². The van der Waals surface area contributed by atoms with Gasteiger partial charge in [-0.05, 0) is 38.8 Å². The van der Waals surface area contributed by atoms with Crippen molar-refractivity contribution in [2.45, 2.75) is 44.7 Å². The number of rotatable bonds is 5. The second-order valence-corrected chi connectivity index (χ2v) is 7.38. The molecule has 0 unspecified atom stereocenters. The number of amides is 2. The van der Waals surface area contributed by atoms with Crippen molar-refractivity contribution < 1.29 is 23.5 Å². The third-order valence-electron chi connectivity index (χ3n) is 4.99. The molecule has 2 heterocycles. The first-order valence-corrected chi connectivity index (χ1v) is 9.00. The molecule has 0 aromatic heterocycles. The third kappa shape index (κ3) is 3.92. The molecule has 142 valence electrons. The highest BCUT2D eigenvalue weighted by Crippen LogP contribution is 2.30. The second kappa shape index (κ2) is 7.51. The molecule has 0 bridgehead atoms. The van der Waals surface area contributed by atoms with Crippen molar-refractivity contribution in [2.24, 2.45) is 0 Å². The molecule has 2 amide bonds. The minimum absolute atomic E-state index is 0.0111. The Bertz CT molecular complexity index is 671. The predicted molar refractivity (Wildman–Crippen MR) is 93.4 cm³/mol. The Morgan fingerprint density at radius 2 is 2.00 bits per heavy atom. The molecular weight excluding hydrogens is 339 g/mol. The predicted octanol–water partition coefficient (Wildman–Crippen LogP) is 2.82. The van der Waals surface area contributed by atoms with Gasteiger partial charge >= 0.3 is 6.09 Å². The Morgan fingerprint density at radius 3 is 2.62 bits per heavy atom. The molecular formula is C19H25FN2O4. The summed E-state index contributed by atoms with van der Waals surface area (Å²) in [4.78, 5) is 27.9. The van der Waals surface area contributed by atoms with Gasteiger partial charge in [0.25, 0.3) is 0 Å². The Labute approximate surface area is 152 Å². The van der Waals surface area contributed by atoms with Gasteiger partial charge < -0.3 is 14.4 Å². The van der Waals surface area contributed by atoms with Gasteiger partial charge in [-0.3, -0.25) is 9.69 Å². The molecule has 0 N–H and O–H groups in total. The van der Waals surface area contributed by atoms with Gasteiger partial charge in [-0.15, -0.1) is 0 Å². The van der Waals surface area contributed by atoms with E-state index in [-0.39, 0.29) is 42.4 Å². The van der Waals surface area contributed by atoms with Gasteiger partial charge in [0.15, 0.2) is 11.6 Å². The van der Waals surface area contributed by atoms with Crippen molar-refractivity contribution in [2.75, 3.05) is 26.3 Å². The summed E-state index contributed by atoms with van der Waals surface area (Å²) in [6, 6.07) is 6.25. The lowest BCUT2D eigenvalue weighted by molar-refractivity contribution is -0.133. The van der Waals surface area contributed by atoms with E-state index in [0.29, 0.717) is 19.7 Å². The Kier molecular flexibility index (Phi) is 5.34. The SMILES string of the molecule is CC1(C)COC(=O)N1C1CCN(C(=O)CCOc2ccccc2F)CC1. The van der Waals surface area contributed by atoms with E-state index in [0.717, 1.165) is 12.8 Å². The highest BCUT2D eigenvalue weighted by Gasteiger charge is 2.44. The highest BCUT2D eigenvalue weighted by molar-refractivity contribution is 5.76. The van der Waals surface area contributed by atoms with Gasteiger partial charge in [0.05, 0.1) is 18.6 Å². The van der Waals surface area contributed by atoms with E-state index in [1.807, 2.05) is 18.7 Å². The van der Waals surface area contributed by atoms with E-state index < -0.39 is 5.82 Å². The molecule has 1 aromatic carbocycles. The number of ether oxygens (including phenoxy) is 2. The first kappa shape index (κ1) is 18.5. The fourth-order valence-corrected chi connectivity index (χ4v) is 3.61. The van der Waals surface area contributed by atoms with Crippen LogP contribution in [0.5, 0.6) is 5.75 Å². The first-order valence-electron chi connectivity index (χ1n) is 9.00. The summed E-state index contributed by atoms with van der Waals surface area (Å²) in [6.45, 7) is 5.74. The van der Waals surface area contributed by atoms with Crippen LogP contribution >= 0.6 is 0 Å². The number of carbonyl (C=O) groups excluding carboxylic acids is 2. The lowest BCUT2D eigenvalue weighted by Gasteiger charge is -2.40. The van der Waals surface area contributed by atoms with Crippen LogP contribution < -0.4 is 4.74 Å². The molecule has 7 heteroatoms. The van der Waals surface area contributed by atoms with Crippen LogP contribution in [-0.4, -0.2) is 59.7 Å². The van der Waals surface area contributed by atoms with Crippen LogP contribution in [0.1, 0.15) is 33.1 Å². The van der Waals surface area contributed by atoms with E-state index >= 15 is 0 Å². The van der Waals surface area contributed by atoms with Crippen LogP contribution in [0.25, 0.3) is 0 Å². The maximum atomic E-state index is 13.5. The lowest BCUT2D eigenvalue weighted by Crippen LogP contribution is -2.53. The molecule has 2 aliphatic rings. The highest BCUT2D eigenvalue weighted by atomic mass is 19.1. The molecule has 2 fully saturated rings. The van der Waals surface area contributed by atoms with Gasteiger partial charge in [0.1, 0.15) is 6.61 Å². The van der Waals surface area contributed by atoms with Crippen LogP contribution in [0.4, 0.5) is 9.18 Å². The van der Waals surface area contributed by atoms with Crippen LogP contribution in [0.15, 0.2) is 24.3 Å². The van der Waals surface area contributed by atoms with Crippen LogP contribution in [-0.2, 0) is 9.53 Å². The molecule has 0 aliphatic carbocycles. The van der Waals surface area contributed by atoms with Crippen LogP contribution in [0, 0.1) is 5.82 Å². The summed E-state index contributed by atoms with van der Waals surface area (Å²) in [5, 5.41) is 0. The normalized spacial score (nSPS) is 20.2. The van der Waals surface area contributed by atoms with Gasteiger partial charge in [0.2, 0.25) is 5.91 Å². The number of para-hydroxylation sites is 1. The van der Waals surface area contributed by atoms with Gasteiger partial charge in [-0.25, -0.2) is 9.18 Å². The molecule has 2 aliphatic heterocycles. The summed E-state index contributed by atoms with van der Waals surface area (Å²) in [6.07, 6.45) is 1.41. The second-order valence-electron chi connectivity index (χ2n) is 7.38. The average Bonchev–Trinajstić information content (AvgIpc) is 2.89. The number of hydrogen-bond donors (Lipinski definition) is 0. The lowest BCUT2D eigenvalue weighted by atomic mass is 9.97. The molecule has 2 saturated heterocycles. The maximum absolute atomic E-state index is 13.5. The zero-order chi connectivity index (χ0) is 18.7. The third-order valence-corrected chi connectivity index (χ3v) is 4.99. The molecule has 26 heavy (non-hydrogen) atoms. The molecule has 3 rings (SSSR count). The standard InChI is InChI=1S/C19H25FN2O4/c1-19(2)13-26-18(24)22(19)14-7-10-21(11-8-14)17(23)9-12-25-16-6-4-3-5-15(16)20/h3-6,14H,7-13H2,1-2H3. The number of halogens is 1. The van der Waals surface area contributed by atoms with Crippen molar-refractivity contribution in [1.29, 1.82) is 0 Å². The summed E-state index contributed by atoms with van der Waals surface area (Å²) in [5.74, 6) is -0.280. The summed E-state index contributed by atoms with van der Waals surface area (Å²) >= 11 is 0. The number of cyclic esters (lactones) is 1. The largest absolute Gasteiger partial charge is 0.490 e. The number of nitrogens with zero attached hydrogens (tertiary/aromatic N) is 2. The molecule has 1 aromatic rings. The topological polar surface area (TPSA) is 59.1 Å². The molecule has 0 saturated carbocycles. The molecule has 0 atom stereocenters. The number of hydrogen-bond acceptors (Lipinski definition) is 4. The molecule has 0 spiro atoms. The van der Waals surface area contributed by atoms with Crippen molar-refractivity contribution in [3.63, 3.8) is 0 Å². The van der Waals surface area contributed by atoms with Crippen molar-refractivity contribution >= 4 is 12.0 Å². The maximum Gasteiger partial charge on any atom is 0.410 e. The number of piperidine rings is 1. The summed E-state index contributed by atoms with van der Waals surface area (Å²) in [5.41, 5.74) is -0.304. The van der Waals surface area contributed by atoms with E-state index in [1.54, 1.807) is 23.1 Å². The van der Waals surface area contributed by atoms with E-state index in [4.69, 9.17) is 9.47 Å². The van der Waals surface area contributed by atoms with Crippen molar-refractivity contribution in [3.8, 4) is 5.75 Å². The fourth-order valence-electron chi connectivity index (χ4n) is 3.61. The van der Waals surface area contributed by atoms with E-state index in [2.05, 4.69) is 0 Å². The van der Waals surface area contributed by atoms with Gasteiger partial charge in [-0.2, -0.15) is 0 Å². The number of carbonyl (C=O) groups is 2. The van der Waals surface area contributed by atoms with E-state index in [9.17, 15) is 14.0 Å². The molecule has 0 radical (unpaired) electrons. The Morgan fingerprint density at radius 1 is 1.31 bits per heavy atom. The fraction of sp³-hybridized carbons (Fsp3) is 0.579. The van der Waals surface area contributed by atoms with Gasteiger partial charge in [-0.1, -0.05) is 12.1 Å². The summed E-state index contributed by atoms with van der Waals surface area (Å²) < 4.78 is 24.0. The quantitative estimate of drug-likeness (QED) is 0.806. The zero-order valence-electron chi connectivity index (χ0n) is 15.2. The average molecular weight is 364 g/mol. The van der Waals surface area contributed by atoms with Crippen molar-refractivity contribution in [3.05, 3.63) is 30.1 Å². The van der Waals surface area contributed by atoms with Crippen LogP contribution in [0.3, 0.4) is 0 Å². The first-order chi connectivity index (χ1) is 12.4. The Balaban J connectivity index is 1.45. The minimum Gasteiger partial charge on any atom is -0.490 e. The van der Waals surface area contributed by atoms with Crippen molar-refractivity contribution in [1.82, 2.24) is 9.80 Å². The molecule has 6 nitrogen and oxygen atoms in total. The summed E-state index contributed by atoms with van der Waals surface area (Å²) in [7, 11) is 0. The monoisotopic (exact) mass is 364 g/mol.